The minimum Gasteiger partial charge on any atom is -0.299 e. The second kappa shape index (κ2) is 5.78. The third kappa shape index (κ3) is 3.79. The third-order valence-corrected chi connectivity index (χ3v) is 3.67. The molecular weight excluding hydrogens is 246 g/mol. The highest BCUT2D eigenvalue weighted by Gasteiger charge is 2.03. The van der Waals surface area contributed by atoms with Crippen LogP contribution in [0.15, 0.2) is 15.9 Å². The number of halogens is 1. The smallest absolute Gasteiger partial charge is 0.0328 e. The fourth-order valence-corrected chi connectivity index (χ4v) is 2.81. The topological polar surface area (TPSA) is 3.24 Å². The van der Waals surface area contributed by atoms with Gasteiger partial charge in [-0.15, -0.1) is 11.3 Å². The summed E-state index contributed by atoms with van der Waals surface area (Å²) >= 11 is 5.31. The van der Waals surface area contributed by atoms with Crippen molar-refractivity contribution < 1.29 is 0 Å². The van der Waals surface area contributed by atoms with E-state index >= 15 is 0 Å². The van der Waals surface area contributed by atoms with Crippen molar-refractivity contribution in [2.45, 2.75) is 26.8 Å². The van der Waals surface area contributed by atoms with Crippen LogP contribution in [0.4, 0.5) is 0 Å². The lowest BCUT2D eigenvalue weighted by Gasteiger charge is -2.18. The van der Waals surface area contributed by atoms with Crippen molar-refractivity contribution >= 4 is 27.3 Å². The van der Waals surface area contributed by atoms with Crippen LogP contribution in [0.5, 0.6) is 0 Å². The zero-order valence-corrected chi connectivity index (χ0v) is 10.6. The first kappa shape index (κ1) is 11.2. The Balaban J connectivity index is 2.46. The molecule has 1 heterocycles. The molecule has 0 atom stereocenters. The van der Waals surface area contributed by atoms with Gasteiger partial charge in [-0.25, -0.2) is 0 Å². The number of thiophene rings is 1. The summed E-state index contributed by atoms with van der Waals surface area (Å²) in [6.45, 7) is 7.89. The molecule has 0 N–H and O–H groups in total. The molecule has 0 aliphatic carbocycles. The van der Waals surface area contributed by atoms with Crippen LogP contribution in [0.3, 0.4) is 0 Å². The minimum atomic E-state index is 1.10. The molecule has 0 aliphatic heterocycles. The van der Waals surface area contributed by atoms with Crippen LogP contribution in [0.1, 0.15) is 25.1 Å². The summed E-state index contributed by atoms with van der Waals surface area (Å²) < 4.78 is 1.21. The Kier molecular flexibility index (Phi) is 4.99. The molecule has 13 heavy (non-hydrogen) atoms. The predicted octanol–water partition coefficient (Wildman–Crippen LogP) is 3.74. The van der Waals surface area contributed by atoms with Crippen LogP contribution in [-0.4, -0.2) is 18.0 Å². The van der Waals surface area contributed by atoms with Gasteiger partial charge in [0.15, 0.2) is 0 Å². The summed E-state index contributed by atoms with van der Waals surface area (Å²) in [6.07, 6.45) is 1.24. The van der Waals surface area contributed by atoms with Gasteiger partial charge >= 0.3 is 0 Å². The molecule has 3 heteroatoms. The molecule has 1 nitrogen and oxygen atoms in total. The lowest BCUT2D eigenvalue weighted by Crippen LogP contribution is -2.22. The summed E-state index contributed by atoms with van der Waals surface area (Å²) in [5.41, 5.74) is 0. The molecule has 1 aromatic rings. The highest BCUT2D eigenvalue weighted by atomic mass is 79.9. The molecule has 0 aliphatic rings. The molecule has 0 aromatic carbocycles. The van der Waals surface area contributed by atoms with Gasteiger partial charge in [-0.05, 0) is 41.5 Å². The van der Waals surface area contributed by atoms with Gasteiger partial charge in [0.05, 0.1) is 0 Å². The molecule has 1 aromatic heterocycles. The van der Waals surface area contributed by atoms with Crippen molar-refractivity contribution in [2.24, 2.45) is 0 Å². The van der Waals surface area contributed by atoms with E-state index < -0.39 is 0 Å². The average molecular weight is 262 g/mol. The zero-order valence-electron chi connectivity index (χ0n) is 8.22. The van der Waals surface area contributed by atoms with E-state index in [2.05, 4.69) is 46.1 Å². The van der Waals surface area contributed by atoms with Crippen molar-refractivity contribution in [3.63, 3.8) is 0 Å². The fourth-order valence-electron chi connectivity index (χ4n) is 1.32. The molecular formula is C10H16BrNS. The maximum Gasteiger partial charge on any atom is 0.0328 e. The molecule has 0 spiro atoms. The molecule has 1 rings (SSSR count). The first-order valence-electron chi connectivity index (χ1n) is 4.71. The Morgan fingerprint density at radius 3 is 2.69 bits per heavy atom. The van der Waals surface area contributed by atoms with E-state index in [4.69, 9.17) is 0 Å². The van der Waals surface area contributed by atoms with Gasteiger partial charge in [-0.2, -0.15) is 0 Å². The predicted molar refractivity (Wildman–Crippen MR) is 63.3 cm³/mol. The van der Waals surface area contributed by atoms with E-state index in [9.17, 15) is 0 Å². The largest absolute Gasteiger partial charge is 0.299 e. The first-order valence-corrected chi connectivity index (χ1v) is 6.38. The van der Waals surface area contributed by atoms with Crippen molar-refractivity contribution in [1.29, 1.82) is 0 Å². The normalized spacial score (nSPS) is 11.1. The van der Waals surface area contributed by atoms with E-state index in [-0.39, 0.29) is 0 Å². The summed E-state index contributed by atoms with van der Waals surface area (Å²) in [5.74, 6) is 0. The van der Waals surface area contributed by atoms with Crippen LogP contribution >= 0.6 is 27.3 Å². The van der Waals surface area contributed by atoms with Crippen LogP contribution < -0.4 is 0 Å². The molecule has 0 saturated heterocycles. The summed E-state index contributed by atoms with van der Waals surface area (Å²) in [7, 11) is 0. The van der Waals surface area contributed by atoms with Crippen molar-refractivity contribution in [2.75, 3.05) is 13.1 Å². The number of hydrogen-bond acceptors (Lipinski definition) is 2. The molecule has 0 bridgehead atoms. The van der Waals surface area contributed by atoms with E-state index in [1.807, 2.05) is 11.3 Å². The Hall–Kier alpha value is 0.140. The van der Waals surface area contributed by atoms with E-state index in [1.54, 1.807) is 0 Å². The second-order valence-electron chi connectivity index (χ2n) is 3.10. The number of nitrogens with zero attached hydrogens (tertiary/aromatic N) is 1. The number of rotatable bonds is 5. The van der Waals surface area contributed by atoms with Crippen molar-refractivity contribution in [3.05, 3.63) is 20.8 Å². The maximum absolute atomic E-state index is 3.47. The molecule has 0 radical (unpaired) electrons. The summed E-state index contributed by atoms with van der Waals surface area (Å²) in [4.78, 5) is 3.92. The third-order valence-electron chi connectivity index (χ3n) is 1.99. The first-order chi connectivity index (χ1) is 6.26. The standard InChI is InChI=1S/C10H16BrNS/c1-3-5-12(4-2)7-10-6-9(11)8-13-10/h6,8H,3-5,7H2,1-2H3. The van der Waals surface area contributed by atoms with Gasteiger partial charge in [0.2, 0.25) is 0 Å². The molecule has 0 fully saturated rings. The van der Waals surface area contributed by atoms with Gasteiger partial charge < -0.3 is 0 Å². The van der Waals surface area contributed by atoms with Gasteiger partial charge in [0.1, 0.15) is 0 Å². The van der Waals surface area contributed by atoms with Gasteiger partial charge in [0, 0.05) is 21.3 Å². The average Bonchev–Trinajstić information content (AvgIpc) is 2.50. The Morgan fingerprint density at radius 1 is 1.46 bits per heavy atom. The quantitative estimate of drug-likeness (QED) is 0.781. The second-order valence-corrected chi connectivity index (χ2v) is 5.01. The Bertz CT molecular complexity index is 247. The highest BCUT2D eigenvalue weighted by molar-refractivity contribution is 9.10. The number of hydrogen-bond donors (Lipinski definition) is 0. The van der Waals surface area contributed by atoms with E-state index in [0.29, 0.717) is 0 Å². The Morgan fingerprint density at radius 2 is 2.23 bits per heavy atom. The van der Waals surface area contributed by atoms with Gasteiger partial charge in [0.25, 0.3) is 0 Å². The van der Waals surface area contributed by atoms with E-state index in [1.165, 1.54) is 22.3 Å². The maximum atomic E-state index is 3.47. The Labute approximate surface area is 92.9 Å². The molecule has 0 unspecified atom stereocenters. The van der Waals surface area contributed by atoms with Crippen molar-refractivity contribution in [1.82, 2.24) is 4.90 Å². The minimum absolute atomic E-state index is 1.10. The van der Waals surface area contributed by atoms with E-state index in [0.717, 1.165) is 13.1 Å². The molecule has 0 saturated carbocycles. The van der Waals surface area contributed by atoms with Gasteiger partial charge in [-0.3, -0.25) is 4.90 Å². The zero-order chi connectivity index (χ0) is 9.68. The monoisotopic (exact) mass is 261 g/mol. The highest BCUT2D eigenvalue weighted by Crippen LogP contribution is 2.21. The van der Waals surface area contributed by atoms with Crippen LogP contribution in [0, 0.1) is 0 Å². The lowest BCUT2D eigenvalue weighted by molar-refractivity contribution is 0.283. The SMILES string of the molecule is CCCN(CC)Cc1cc(Br)cs1. The van der Waals surface area contributed by atoms with Gasteiger partial charge in [-0.1, -0.05) is 13.8 Å². The lowest BCUT2D eigenvalue weighted by atomic mass is 10.3. The van der Waals surface area contributed by atoms with Crippen LogP contribution in [-0.2, 0) is 6.54 Å². The molecule has 0 amide bonds. The van der Waals surface area contributed by atoms with Crippen LogP contribution in [0.2, 0.25) is 0 Å². The molecule has 74 valence electrons. The van der Waals surface area contributed by atoms with Crippen LogP contribution in [0.25, 0.3) is 0 Å². The summed E-state index contributed by atoms with van der Waals surface area (Å²) in [5, 5.41) is 2.15. The summed E-state index contributed by atoms with van der Waals surface area (Å²) in [6, 6.07) is 2.21. The van der Waals surface area contributed by atoms with Crippen molar-refractivity contribution in [3.8, 4) is 0 Å². The fraction of sp³-hybridized carbons (Fsp3) is 0.600.